The van der Waals surface area contributed by atoms with Gasteiger partial charge in [0.15, 0.2) is 23.2 Å². The molecule has 86 heavy (non-hydrogen) atoms. The molecule has 17 nitrogen and oxygen atoms in total. The monoisotopic (exact) mass is 1390 g/mol. The minimum absolute atomic E-state index is 0. The molecule has 0 spiro atoms. The van der Waals surface area contributed by atoms with Gasteiger partial charge in [0.1, 0.15) is 13.2 Å². The van der Waals surface area contributed by atoms with Crippen molar-refractivity contribution >= 4 is 64.2 Å². The molecule has 0 unspecified atom stereocenters. The quantitative estimate of drug-likeness (QED) is 0.139. The molecule has 0 amide bonds. The standard InChI is InChI=1S/C15H18BF4NO4.C12H24B2O4.C9H6BrF4NO2.C5H2BrF2N.C4H5F3O2.C3H4O2.3CH4/c1-12(2)13(3,4)25-16(24-12)9-5-10(17)11(21-6-9)23-14(7-22-8-14)15(18,19)20;1-9(2)10(3,4)16-13(15-9)14-17-11(5,6)12(7,8)18-14;10-5-1-6(11)7(15-2-5)17-8(3-16-4-8)9(12,13)14;6-3-1-4(7)5(8)9-2-3;5-4(6,7)3(8)1-9-2-3;4-3-1-5-2-3;;;/h5-6H,7-8H2,1-4H3;1-8H3;1-2H,3-4H2;1-2H;8H,1-2H2;1-2H2;3*1H4. The van der Waals surface area contributed by atoms with Crippen LogP contribution in [-0.4, -0.2) is 169 Å². The van der Waals surface area contributed by atoms with Crippen LogP contribution in [0.15, 0.2) is 45.7 Å². The largest absolute Gasteiger partial charge is 0.496 e. The number of rotatable bonds is 6. The van der Waals surface area contributed by atoms with Crippen LogP contribution in [0.5, 0.6) is 11.8 Å². The van der Waals surface area contributed by atoms with Gasteiger partial charge in [-0.3, -0.25) is 4.79 Å². The van der Waals surface area contributed by atoms with Crippen molar-refractivity contribution in [2.45, 2.75) is 174 Å². The van der Waals surface area contributed by atoms with Crippen molar-refractivity contribution in [2.75, 3.05) is 52.9 Å². The second-order valence-corrected chi connectivity index (χ2v) is 24.3. The summed E-state index contributed by atoms with van der Waals surface area (Å²) < 4.78 is 227. The van der Waals surface area contributed by atoms with E-state index in [-0.39, 0.29) is 55.9 Å². The number of alkyl halides is 9. The molecule has 7 aliphatic rings. The van der Waals surface area contributed by atoms with Gasteiger partial charge in [0.2, 0.25) is 11.5 Å². The Hall–Kier alpha value is -3.48. The Kier molecular flexibility index (Phi) is 25.9. The van der Waals surface area contributed by atoms with Gasteiger partial charge in [0, 0.05) is 33.0 Å². The molecule has 0 atom stereocenters. The molecule has 0 aromatic carbocycles. The molecule has 0 aliphatic carbocycles. The molecule has 488 valence electrons. The number of pyridine rings is 3. The SMILES string of the molecule is C.C.C.CC1(C)OB(B2OC(C)(C)C(C)(C)O2)OC1(C)C.CC1(C)OB(c2cnc(OC3(C(F)(F)F)COC3)c(F)c2)OC1(C)C.Fc1cc(Br)cnc1F.Fc1cc(Br)cnc1OC1(C(F)(F)F)COC1.O=C1COC1.OC1(C(F)(F)F)COC1. The Balaban J connectivity index is 0.000000371. The molecular weight excluding hydrogens is 1320 g/mol. The van der Waals surface area contributed by atoms with E-state index >= 15 is 0 Å². The van der Waals surface area contributed by atoms with Gasteiger partial charge >= 0.3 is 39.7 Å². The van der Waals surface area contributed by atoms with Gasteiger partial charge in [-0.2, -0.15) is 43.9 Å². The number of aliphatic hydroxyl groups is 1. The lowest BCUT2D eigenvalue weighted by atomic mass is 9.49. The highest BCUT2D eigenvalue weighted by Crippen LogP contribution is 2.45. The Morgan fingerprint density at radius 2 is 0.791 bits per heavy atom. The fraction of sp³-hybridized carbons (Fsp3) is 0.686. The molecule has 0 radical (unpaired) electrons. The molecule has 7 aliphatic heterocycles. The van der Waals surface area contributed by atoms with E-state index in [4.69, 9.17) is 37.8 Å². The fourth-order valence-electron chi connectivity index (χ4n) is 6.65. The molecule has 10 heterocycles. The van der Waals surface area contributed by atoms with Crippen molar-refractivity contribution in [1.82, 2.24) is 15.0 Å². The van der Waals surface area contributed by atoms with Crippen LogP contribution in [0, 0.1) is 23.4 Å². The third-order valence-electron chi connectivity index (χ3n) is 14.3. The lowest BCUT2D eigenvalue weighted by Crippen LogP contribution is -2.64. The van der Waals surface area contributed by atoms with Crippen molar-refractivity contribution < 1.29 is 123 Å². The normalized spacial score (nSPS) is 22.3. The highest BCUT2D eigenvalue weighted by molar-refractivity contribution is 9.10. The van der Waals surface area contributed by atoms with Gasteiger partial charge in [-0.15, -0.1) is 0 Å². The van der Waals surface area contributed by atoms with E-state index in [1.807, 2.05) is 83.1 Å². The van der Waals surface area contributed by atoms with E-state index in [9.17, 15) is 61.9 Å². The number of carbonyl (C=O) groups excluding carboxylic acids is 1. The van der Waals surface area contributed by atoms with Gasteiger partial charge in [0.05, 0.1) is 73.2 Å². The van der Waals surface area contributed by atoms with E-state index in [1.165, 1.54) is 12.4 Å². The summed E-state index contributed by atoms with van der Waals surface area (Å²) in [7, 11) is -1.82. The minimum atomic E-state index is -4.69. The Morgan fingerprint density at radius 1 is 0.477 bits per heavy atom. The van der Waals surface area contributed by atoms with Gasteiger partial charge in [-0.25, -0.2) is 28.1 Å². The second kappa shape index (κ2) is 28.4. The third kappa shape index (κ3) is 18.1. The van der Waals surface area contributed by atoms with Crippen LogP contribution in [0.3, 0.4) is 0 Å². The van der Waals surface area contributed by atoms with Crippen LogP contribution >= 0.6 is 31.9 Å². The molecular formula is C51H71B3Br2F13N3O14. The molecule has 7 fully saturated rings. The van der Waals surface area contributed by atoms with Crippen molar-refractivity contribution in [3.05, 3.63) is 69.1 Å². The molecule has 7 saturated heterocycles. The third-order valence-corrected chi connectivity index (χ3v) is 15.2. The number of hydrogen-bond acceptors (Lipinski definition) is 17. The first-order chi connectivity index (χ1) is 37.6. The summed E-state index contributed by atoms with van der Waals surface area (Å²) in [6, 6.07) is 3.00. The first-order valence-corrected chi connectivity index (χ1v) is 26.4. The Bertz CT molecular complexity index is 2650. The summed E-state index contributed by atoms with van der Waals surface area (Å²) in [4.78, 5) is 20.0. The second-order valence-electron chi connectivity index (χ2n) is 22.5. The Labute approximate surface area is 508 Å². The summed E-state index contributed by atoms with van der Waals surface area (Å²) in [6.07, 6.45) is -10.3. The van der Waals surface area contributed by atoms with Crippen molar-refractivity contribution in [3.63, 3.8) is 0 Å². The highest BCUT2D eigenvalue weighted by Gasteiger charge is 2.66. The molecule has 1 N–H and O–H groups in total. The molecule has 3 aromatic heterocycles. The number of hydrogen-bond donors (Lipinski definition) is 1. The Morgan fingerprint density at radius 3 is 1.02 bits per heavy atom. The van der Waals surface area contributed by atoms with E-state index in [0.717, 1.165) is 24.4 Å². The lowest BCUT2D eigenvalue weighted by Gasteiger charge is -2.41. The van der Waals surface area contributed by atoms with E-state index in [0.29, 0.717) is 22.2 Å². The predicted octanol–water partition coefficient (Wildman–Crippen LogP) is 11.1. The first-order valence-electron chi connectivity index (χ1n) is 24.8. The number of halogens is 15. The van der Waals surface area contributed by atoms with Gasteiger partial charge in [-0.05, 0) is 133 Å². The first kappa shape index (κ1) is 78.6. The topological polar surface area (TPSA) is 187 Å². The number of ether oxygens (including phenoxy) is 6. The van der Waals surface area contributed by atoms with Gasteiger partial charge in [0.25, 0.3) is 23.0 Å². The molecule has 0 bridgehead atoms. The maximum absolute atomic E-state index is 14.3. The van der Waals surface area contributed by atoms with E-state index < -0.39 is 142 Å². The zero-order valence-corrected chi connectivity index (χ0v) is 49.8. The number of nitrogens with zero attached hydrogens (tertiary/aromatic N) is 3. The summed E-state index contributed by atoms with van der Waals surface area (Å²) in [5.74, 6) is -5.21. The van der Waals surface area contributed by atoms with E-state index in [2.05, 4.69) is 70.5 Å². The average Bonchev–Trinajstić information content (AvgIpc) is 1.38. The van der Waals surface area contributed by atoms with Crippen molar-refractivity contribution in [2.24, 2.45) is 0 Å². The van der Waals surface area contributed by atoms with E-state index in [1.54, 1.807) is 0 Å². The summed E-state index contributed by atoms with van der Waals surface area (Å²) in [6.45, 7) is 20.3. The molecule has 0 saturated carbocycles. The molecule has 10 rings (SSSR count). The number of ketones is 1. The maximum Gasteiger partial charge on any atom is 0.496 e. The average molecular weight is 1390 g/mol. The number of Topliss-reactive ketones (excluding diaryl/α,β-unsaturated/α-hetero) is 1. The van der Waals surface area contributed by atoms with Crippen LogP contribution in [0.25, 0.3) is 0 Å². The zero-order valence-electron chi connectivity index (χ0n) is 46.6. The summed E-state index contributed by atoms with van der Waals surface area (Å²) in [5, 5.41) is 8.50. The van der Waals surface area contributed by atoms with Crippen molar-refractivity contribution in [1.29, 1.82) is 0 Å². The highest BCUT2D eigenvalue weighted by atomic mass is 79.9. The van der Waals surface area contributed by atoms with Crippen LogP contribution in [0.1, 0.15) is 105 Å². The van der Waals surface area contributed by atoms with Crippen LogP contribution in [0.4, 0.5) is 57.1 Å². The minimum Gasteiger partial charge on any atom is -0.454 e. The number of aromatic nitrogens is 3. The molecule has 35 heteroatoms. The smallest absolute Gasteiger partial charge is 0.454 e. The predicted molar refractivity (Wildman–Crippen MR) is 294 cm³/mol. The van der Waals surface area contributed by atoms with Gasteiger partial charge in [-0.1, -0.05) is 22.3 Å². The summed E-state index contributed by atoms with van der Waals surface area (Å²) >= 11 is 5.87. The zero-order chi connectivity index (χ0) is 63.0. The maximum atomic E-state index is 14.3. The number of carbonyl (C=O) groups is 1. The van der Waals surface area contributed by atoms with Gasteiger partial charge < -0.3 is 61.5 Å². The van der Waals surface area contributed by atoms with Crippen LogP contribution in [-0.2, 0) is 51.7 Å². The van der Waals surface area contributed by atoms with Crippen LogP contribution in [0.2, 0.25) is 0 Å². The van der Waals surface area contributed by atoms with Crippen molar-refractivity contribution in [3.8, 4) is 11.8 Å². The fourth-order valence-corrected chi connectivity index (χ4v) is 7.25. The lowest BCUT2D eigenvalue weighted by molar-refractivity contribution is -0.334. The summed E-state index contributed by atoms with van der Waals surface area (Å²) in [5.41, 5.74) is -10.1. The van der Waals surface area contributed by atoms with Crippen LogP contribution < -0.4 is 14.9 Å². The molecule has 3 aromatic rings.